The topological polar surface area (TPSA) is 63.6 Å². The van der Waals surface area contributed by atoms with Gasteiger partial charge in [0.2, 0.25) is 0 Å². The average Bonchev–Trinajstić information content (AvgIpc) is 3.04. The highest BCUT2D eigenvalue weighted by molar-refractivity contribution is 7.15. The fourth-order valence-corrected chi connectivity index (χ4v) is 3.95. The maximum atomic E-state index is 12.4. The van der Waals surface area contributed by atoms with E-state index < -0.39 is 0 Å². The lowest BCUT2D eigenvalue weighted by Crippen LogP contribution is -2.18. The molecule has 0 spiro atoms. The second kappa shape index (κ2) is 8.52. The van der Waals surface area contributed by atoms with E-state index in [0.717, 1.165) is 15.4 Å². The molecule has 5 nitrogen and oxygen atoms in total. The molecule has 3 aromatic rings. The van der Waals surface area contributed by atoms with Gasteiger partial charge in [0, 0.05) is 10.4 Å². The summed E-state index contributed by atoms with van der Waals surface area (Å²) in [7, 11) is 1.49. The first kappa shape index (κ1) is 19.4. The second-order valence-electron chi connectivity index (χ2n) is 5.51. The zero-order chi connectivity index (χ0) is 19.4. The predicted octanol–water partition coefficient (Wildman–Crippen LogP) is 5.20. The molecule has 3 rings (SSSR count). The zero-order valence-corrected chi connectivity index (χ0v) is 16.8. The van der Waals surface area contributed by atoms with E-state index in [4.69, 9.17) is 27.9 Å². The number of ether oxygens (including phenoxy) is 1. The fourth-order valence-electron chi connectivity index (χ4n) is 2.38. The first-order valence-electron chi connectivity index (χ1n) is 7.89. The standard InChI is InChI=1S/C19H15Cl2N3O2S/c1-11-16(23-19(27-11)13-6-4-3-5-7-13)18(25)24-22-10-12-8-14(20)17(26-2)15(21)9-12/h3-10H,1-2H3,(H,24,25)/b22-10-. The van der Waals surface area contributed by atoms with Crippen molar-refractivity contribution >= 4 is 46.7 Å². The Hall–Kier alpha value is -2.41. The van der Waals surface area contributed by atoms with Crippen molar-refractivity contribution < 1.29 is 9.53 Å². The van der Waals surface area contributed by atoms with Crippen LogP contribution in [0.5, 0.6) is 5.75 Å². The largest absolute Gasteiger partial charge is 0.494 e. The number of hydrazone groups is 1. The van der Waals surface area contributed by atoms with Crippen LogP contribution in [0, 0.1) is 6.92 Å². The van der Waals surface area contributed by atoms with E-state index in [-0.39, 0.29) is 5.91 Å². The number of methoxy groups -OCH3 is 1. The van der Waals surface area contributed by atoms with Crippen LogP contribution in [0.3, 0.4) is 0 Å². The number of hydrogen-bond acceptors (Lipinski definition) is 5. The van der Waals surface area contributed by atoms with Gasteiger partial charge in [-0.2, -0.15) is 5.10 Å². The summed E-state index contributed by atoms with van der Waals surface area (Å²) in [6, 6.07) is 13.0. The third-order valence-corrected chi connectivity index (χ3v) is 5.22. The number of benzene rings is 2. The van der Waals surface area contributed by atoms with Crippen molar-refractivity contribution in [1.82, 2.24) is 10.4 Å². The fraction of sp³-hybridized carbons (Fsp3) is 0.105. The third-order valence-electron chi connectivity index (χ3n) is 3.64. The number of halogens is 2. The summed E-state index contributed by atoms with van der Waals surface area (Å²) in [6.07, 6.45) is 1.45. The Balaban J connectivity index is 1.73. The normalized spacial score (nSPS) is 11.0. The Bertz CT molecular complexity index is 980. The maximum absolute atomic E-state index is 12.4. The van der Waals surface area contributed by atoms with Gasteiger partial charge in [0.25, 0.3) is 5.91 Å². The molecule has 8 heteroatoms. The number of hydrogen-bond donors (Lipinski definition) is 1. The predicted molar refractivity (Wildman–Crippen MR) is 110 cm³/mol. The van der Waals surface area contributed by atoms with Gasteiger partial charge < -0.3 is 4.74 Å². The average molecular weight is 420 g/mol. The Morgan fingerprint density at radius 1 is 1.22 bits per heavy atom. The molecule has 1 aromatic heterocycles. The first-order valence-corrected chi connectivity index (χ1v) is 9.46. The molecule has 27 heavy (non-hydrogen) atoms. The van der Waals surface area contributed by atoms with E-state index in [0.29, 0.717) is 27.1 Å². The Morgan fingerprint density at radius 2 is 1.89 bits per heavy atom. The lowest BCUT2D eigenvalue weighted by Gasteiger charge is -2.06. The Kier molecular flexibility index (Phi) is 6.11. The van der Waals surface area contributed by atoms with Crippen molar-refractivity contribution in [2.45, 2.75) is 6.92 Å². The molecule has 0 unspecified atom stereocenters. The molecule has 0 saturated heterocycles. The van der Waals surface area contributed by atoms with E-state index in [1.54, 1.807) is 12.1 Å². The van der Waals surface area contributed by atoms with Crippen molar-refractivity contribution in [3.63, 3.8) is 0 Å². The van der Waals surface area contributed by atoms with Gasteiger partial charge in [0.1, 0.15) is 10.7 Å². The van der Waals surface area contributed by atoms with Crippen LogP contribution in [-0.2, 0) is 0 Å². The quantitative estimate of drug-likeness (QED) is 0.456. The molecule has 1 heterocycles. The van der Waals surface area contributed by atoms with Crippen LogP contribution in [0.25, 0.3) is 10.6 Å². The summed E-state index contributed by atoms with van der Waals surface area (Å²) in [5.41, 5.74) is 4.43. The van der Waals surface area contributed by atoms with Gasteiger partial charge in [-0.15, -0.1) is 11.3 Å². The lowest BCUT2D eigenvalue weighted by atomic mass is 10.2. The van der Waals surface area contributed by atoms with E-state index in [1.165, 1.54) is 24.7 Å². The van der Waals surface area contributed by atoms with E-state index in [1.807, 2.05) is 37.3 Å². The van der Waals surface area contributed by atoms with Gasteiger partial charge in [-0.05, 0) is 24.6 Å². The summed E-state index contributed by atoms with van der Waals surface area (Å²) in [5.74, 6) is 0.0129. The smallest absolute Gasteiger partial charge is 0.291 e. The molecule has 0 radical (unpaired) electrons. The molecule has 0 bridgehead atoms. The van der Waals surface area contributed by atoms with E-state index in [9.17, 15) is 4.79 Å². The molecule has 0 aliphatic rings. The molecule has 2 aromatic carbocycles. The van der Waals surface area contributed by atoms with Crippen LogP contribution in [0.15, 0.2) is 47.6 Å². The number of carbonyl (C=O) groups excluding carboxylic acids is 1. The van der Waals surface area contributed by atoms with Crippen molar-refractivity contribution in [1.29, 1.82) is 0 Å². The van der Waals surface area contributed by atoms with Crippen LogP contribution in [0.2, 0.25) is 10.0 Å². The van der Waals surface area contributed by atoms with E-state index >= 15 is 0 Å². The van der Waals surface area contributed by atoms with Crippen molar-refractivity contribution in [2.75, 3.05) is 7.11 Å². The second-order valence-corrected chi connectivity index (χ2v) is 7.52. The zero-order valence-electron chi connectivity index (χ0n) is 14.5. The molecule has 0 aliphatic heterocycles. The molecule has 0 atom stereocenters. The van der Waals surface area contributed by atoms with Gasteiger partial charge in [-0.25, -0.2) is 10.4 Å². The van der Waals surface area contributed by atoms with Gasteiger partial charge in [0.05, 0.1) is 23.4 Å². The summed E-state index contributed by atoms with van der Waals surface area (Å²) in [6.45, 7) is 1.85. The number of aryl methyl sites for hydroxylation is 1. The van der Waals surface area contributed by atoms with Gasteiger partial charge >= 0.3 is 0 Å². The third kappa shape index (κ3) is 4.47. The maximum Gasteiger partial charge on any atom is 0.291 e. The summed E-state index contributed by atoms with van der Waals surface area (Å²) in [4.78, 5) is 17.6. The van der Waals surface area contributed by atoms with Gasteiger partial charge in [0.15, 0.2) is 5.75 Å². The summed E-state index contributed by atoms with van der Waals surface area (Å²) < 4.78 is 5.10. The minimum Gasteiger partial charge on any atom is -0.494 e. The van der Waals surface area contributed by atoms with Crippen LogP contribution in [-0.4, -0.2) is 24.2 Å². The highest BCUT2D eigenvalue weighted by Crippen LogP contribution is 2.33. The molecular weight excluding hydrogens is 405 g/mol. The first-order chi connectivity index (χ1) is 13.0. The van der Waals surface area contributed by atoms with Crippen molar-refractivity contribution in [3.05, 3.63) is 68.6 Å². The molecule has 1 N–H and O–H groups in total. The van der Waals surface area contributed by atoms with Crippen LogP contribution in [0.4, 0.5) is 0 Å². The highest BCUT2D eigenvalue weighted by atomic mass is 35.5. The molecular formula is C19H15Cl2N3O2S. The number of nitrogens with one attached hydrogen (secondary N) is 1. The molecule has 0 saturated carbocycles. The van der Waals surface area contributed by atoms with Crippen LogP contribution >= 0.6 is 34.5 Å². The molecule has 0 fully saturated rings. The number of thiazole rings is 1. The Morgan fingerprint density at radius 3 is 2.52 bits per heavy atom. The highest BCUT2D eigenvalue weighted by Gasteiger charge is 2.16. The number of amides is 1. The summed E-state index contributed by atoms with van der Waals surface area (Å²) in [5, 5.41) is 5.47. The van der Waals surface area contributed by atoms with Crippen LogP contribution < -0.4 is 10.2 Å². The monoisotopic (exact) mass is 419 g/mol. The van der Waals surface area contributed by atoms with Crippen molar-refractivity contribution in [3.8, 4) is 16.3 Å². The number of carbonyl (C=O) groups is 1. The minimum atomic E-state index is -0.382. The Labute approximate surface area is 170 Å². The van der Waals surface area contributed by atoms with Gasteiger partial charge in [-0.1, -0.05) is 53.5 Å². The minimum absolute atomic E-state index is 0.349. The van der Waals surface area contributed by atoms with Gasteiger partial charge in [-0.3, -0.25) is 4.79 Å². The summed E-state index contributed by atoms with van der Waals surface area (Å²) >= 11 is 13.6. The number of rotatable bonds is 5. The van der Waals surface area contributed by atoms with Crippen LogP contribution in [0.1, 0.15) is 20.9 Å². The molecule has 1 amide bonds. The lowest BCUT2D eigenvalue weighted by molar-refractivity contribution is 0.0950. The van der Waals surface area contributed by atoms with E-state index in [2.05, 4.69) is 15.5 Å². The molecule has 138 valence electrons. The number of nitrogens with zero attached hydrogens (tertiary/aromatic N) is 2. The number of aromatic nitrogens is 1. The molecule has 0 aliphatic carbocycles. The van der Waals surface area contributed by atoms with Crippen molar-refractivity contribution in [2.24, 2.45) is 5.10 Å². The SMILES string of the molecule is COc1c(Cl)cc(/C=N\NC(=O)c2nc(-c3ccccc3)sc2C)cc1Cl.